The number of hydrogen-bond acceptors (Lipinski definition) is 5. The molecular formula is C20H13F5N2O3S. The minimum atomic E-state index is -4.77. The lowest BCUT2D eigenvalue weighted by atomic mass is 10.1. The highest BCUT2D eigenvalue weighted by atomic mass is 32.1. The Labute approximate surface area is 176 Å². The minimum absolute atomic E-state index is 0.0109. The number of aliphatic imine (C=N–C) groups is 1. The van der Waals surface area contributed by atoms with Gasteiger partial charge >= 0.3 is 6.36 Å². The van der Waals surface area contributed by atoms with Gasteiger partial charge in [0.05, 0.1) is 17.3 Å². The van der Waals surface area contributed by atoms with Crippen LogP contribution in [0.25, 0.3) is 11.3 Å². The molecule has 3 rings (SSSR count). The normalized spacial score (nSPS) is 11.3. The van der Waals surface area contributed by atoms with Crippen LogP contribution in [0, 0.1) is 11.6 Å². The van der Waals surface area contributed by atoms with Gasteiger partial charge < -0.3 is 9.47 Å². The highest BCUT2D eigenvalue weighted by Gasteiger charge is 2.31. The number of halogens is 5. The Morgan fingerprint density at radius 3 is 2.48 bits per heavy atom. The molecule has 0 unspecified atom stereocenters. The molecule has 0 aliphatic rings. The van der Waals surface area contributed by atoms with E-state index in [2.05, 4.69) is 21.4 Å². The Morgan fingerprint density at radius 2 is 1.84 bits per heavy atom. The number of amides is 1. The van der Waals surface area contributed by atoms with Crippen LogP contribution in [0.1, 0.15) is 15.4 Å². The van der Waals surface area contributed by atoms with E-state index in [1.54, 1.807) is 5.38 Å². The van der Waals surface area contributed by atoms with Crippen molar-refractivity contribution in [3.05, 3.63) is 64.0 Å². The van der Waals surface area contributed by atoms with Crippen molar-refractivity contribution >= 4 is 24.0 Å². The maximum Gasteiger partial charge on any atom is 0.573 e. The molecule has 1 aromatic heterocycles. The molecule has 0 bridgehead atoms. The van der Waals surface area contributed by atoms with E-state index < -0.39 is 29.5 Å². The fourth-order valence-electron chi connectivity index (χ4n) is 2.55. The van der Waals surface area contributed by atoms with E-state index in [9.17, 15) is 26.7 Å². The predicted octanol–water partition coefficient (Wildman–Crippen LogP) is 5.45. The number of ether oxygens (including phenoxy) is 2. The van der Waals surface area contributed by atoms with Crippen LogP contribution in [0.5, 0.6) is 11.5 Å². The van der Waals surface area contributed by atoms with Gasteiger partial charge in [-0.3, -0.25) is 4.79 Å². The van der Waals surface area contributed by atoms with Gasteiger partial charge in [-0.15, -0.1) is 24.5 Å². The summed E-state index contributed by atoms with van der Waals surface area (Å²) in [5, 5.41) is 2.33. The molecule has 0 spiro atoms. The van der Waals surface area contributed by atoms with Crippen molar-refractivity contribution in [1.29, 1.82) is 0 Å². The van der Waals surface area contributed by atoms with Crippen molar-refractivity contribution in [2.24, 2.45) is 4.99 Å². The van der Waals surface area contributed by atoms with E-state index in [-0.39, 0.29) is 24.5 Å². The molecule has 0 saturated carbocycles. The quantitative estimate of drug-likeness (QED) is 0.351. The van der Waals surface area contributed by atoms with Crippen LogP contribution in [-0.4, -0.2) is 30.6 Å². The number of carbonyl (C=O) groups is 1. The summed E-state index contributed by atoms with van der Waals surface area (Å²) in [5.74, 6) is -4.04. The molecule has 0 fully saturated rings. The van der Waals surface area contributed by atoms with Crippen molar-refractivity contribution < 1.29 is 36.2 Å². The van der Waals surface area contributed by atoms with Crippen LogP contribution in [0.4, 0.5) is 22.0 Å². The second-order valence-corrected chi connectivity index (χ2v) is 6.94. The van der Waals surface area contributed by atoms with E-state index >= 15 is 0 Å². The van der Waals surface area contributed by atoms with Crippen LogP contribution in [0.2, 0.25) is 0 Å². The van der Waals surface area contributed by atoms with Gasteiger partial charge in [0, 0.05) is 17.4 Å². The van der Waals surface area contributed by atoms with E-state index in [0.29, 0.717) is 16.3 Å². The molecule has 1 heterocycles. The molecule has 1 amide bonds. The molecular weight excluding hydrogens is 443 g/mol. The predicted molar refractivity (Wildman–Crippen MR) is 104 cm³/mol. The van der Waals surface area contributed by atoms with Crippen molar-refractivity contribution in [2.75, 3.05) is 6.61 Å². The van der Waals surface area contributed by atoms with Crippen molar-refractivity contribution in [3.8, 4) is 22.8 Å². The van der Waals surface area contributed by atoms with Gasteiger partial charge in [-0.1, -0.05) is 0 Å². The van der Waals surface area contributed by atoms with Gasteiger partial charge in [0.25, 0.3) is 5.91 Å². The summed E-state index contributed by atoms with van der Waals surface area (Å²) in [6.07, 6.45) is -4.49. The zero-order valence-electron chi connectivity index (χ0n) is 15.6. The van der Waals surface area contributed by atoms with Gasteiger partial charge in [0.15, 0.2) is 11.6 Å². The molecule has 0 saturated heterocycles. The fourth-order valence-corrected chi connectivity index (χ4v) is 3.34. The van der Waals surface area contributed by atoms with Gasteiger partial charge in [0.2, 0.25) is 0 Å². The number of rotatable bonds is 7. The van der Waals surface area contributed by atoms with Crippen molar-refractivity contribution in [2.45, 2.75) is 12.8 Å². The highest BCUT2D eigenvalue weighted by Crippen LogP contribution is 2.28. The van der Waals surface area contributed by atoms with E-state index in [1.807, 2.05) is 0 Å². The smallest absolute Gasteiger partial charge is 0.490 e. The first-order valence-electron chi connectivity index (χ1n) is 8.60. The van der Waals surface area contributed by atoms with E-state index in [0.717, 1.165) is 12.1 Å². The lowest BCUT2D eigenvalue weighted by Crippen LogP contribution is -2.16. The molecule has 0 N–H and O–H groups in total. The second-order valence-electron chi connectivity index (χ2n) is 5.99. The summed E-state index contributed by atoms with van der Waals surface area (Å²) >= 11 is 1.28. The number of thiazole rings is 1. The SMILES string of the molecule is C=NC(=O)c1c(F)ccc(OCCc2nc(-c3ccc(OC(F)(F)F)cc3)cs2)c1F. The molecule has 162 valence electrons. The third kappa shape index (κ3) is 5.63. The summed E-state index contributed by atoms with van der Waals surface area (Å²) in [7, 11) is 0. The molecule has 2 aromatic carbocycles. The Hall–Kier alpha value is -3.34. The van der Waals surface area contributed by atoms with Gasteiger partial charge in [-0.05, 0) is 43.1 Å². The third-order valence-electron chi connectivity index (χ3n) is 3.92. The Kier molecular flexibility index (Phi) is 6.64. The van der Waals surface area contributed by atoms with Crippen LogP contribution < -0.4 is 9.47 Å². The maximum atomic E-state index is 14.3. The summed E-state index contributed by atoms with van der Waals surface area (Å²) in [6.45, 7) is 2.95. The number of hydrogen-bond donors (Lipinski definition) is 0. The molecule has 11 heteroatoms. The third-order valence-corrected chi connectivity index (χ3v) is 4.83. The minimum Gasteiger partial charge on any atom is -0.490 e. The fraction of sp³-hybridized carbons (Fsp3) is 0.150. The molecule has 0 atom stereocenters. The average molecular weight is 456 g/mol. The van der Waals surface area contributed by atoms with Gasteiger partial charge in [-0.25, -0.2) is 18.8 Å². The topological polar surface area (TPSA) is 60.8 Å². The molecule has 5 nitrogen and oxygen atoms in total. The summed E-state index contributed by atoms with van der Waals surface area (Å²) < 4.78 is 73.7. The van der Waals surface area contributed by atoms with Crippen LogP contribution >= 0.6 is 11.3 Å². The lowest BCUT2D eigenvalue weighted by Gasteiger charge is -2.09. The summed E-state index contributed by atoms with van der Waals surface area (Å²) in [4.78, 5) is 18.9. The first-order valence-corrected chi connectivity index (χ1v) is 9.48. The van der Waals surface area contributed by atoms with E-state index in [4.69, 9.17) is 4.74 Å². The Morgan fingerprint density at radius 1 is 1.13 bits per heavy atom. The number of benzene rings is 2. The van der Waals surface area contributed by atoms with E-state index in [1.165, 1.54) is 35.6 Å². The molecule has 0 aliphatic heterocycles. The maximum absolute atomic E-state index is 14.3. The molecule has 31 heavy (non-hydrogen) atoms. The standard InChI is InChI=1S/C20H13F5N2O3S/c1-26-19(28)17-13(21)6-7-15(18(17)22)29-9-8-16-27-14(10-31-16)11-2-4-12(5-3-11)30-20(23,24)25/h2-7,10H,1,8-9H2. The van der Waals surface area contributed by atoms with Gasteiger partial charge in [0.1, 0.15) is 17.1 Å². The number of nitrogens with zero attached hydrogens (tertiary/aromatic N) is 2. The largest absolute Gasteiger partial charge is 0.573 e. The highest BCUT2D eigenvalue weighted by molar-refractivity contribution is 7.09. The molecule has 3 aromatic rings. The number of alkyl halides is 3. The number of carbonyl (C=O) groups excluding carboxylic acids is 1. The zero-order valence-corrected chi connectivity index (χ0v) is 16.4. The number of aromatic nitrogens is 1. The summed E-state index contributed by atoms with van der Waals surface area (Å²) in [5.41, 5.74) is 0.279. The molecule has 0 radical (unpaired) electrons. The zero-order chi connectivity index (χ0) is 22.6. The van der Waals surface area contributed by atoms with Crippen LogP contribution in [-0.2, 0) is 6.42 Å². The van der Waals surface area contributed by atoms with Crippen LogP contribution in [0.15, 0.2) is 46.8 Å². The summed E-state index contributed by atoms with van der Waals surface area (Å²) in [6, 6.07) is 7.19. The van der Waals surface area contributed by atoms with Crippen molar-refractivity contribution in [3.63, 3.8) is 0 Å². The first kappa shape index (κ1) is 22.3. The van der Waals surface area contributed by atoms with Crippen LogP contribution in [0.3, 0.4) is 0 Å². The Bertz CT molecular complexity index is 1100. The first-order chi connectivity index (χ1) is 14.7. The Balaban J connectivity index is 1.63. The molecule has 0 aliphatic carbocycles. The monoisotopic (exact) mass is 456 g/mol. The average Bonchev–Trinajstić information content (AvgIpc) is 3.18. The second kappa shape index (κ2) is 9.21. The van der Waals surface area contributed by atoms with Crippen molar-refractivity contribution in [1.82, 2.24) is 4.98 Å². The lowest BCUT2D eigenvalue weighted by molar-refractivity contribution is -0.274. The van der Waals surface area contributed by atoms with Gasteiger partial charge in [-0.2, -0.15) is 0 Å².